The average molecular weight is 470 g/mol. The third-order valence-corrected chi connectivity index (χ3v) is 5.72. The Kier molecular flexibility index (Phi) is 5.64. The van der Waals surface area contributed by atoms with Crippen LogP contribution >= 0.6 is 0 Å². The van der Waals surface area contributed by atoms with Gasteiger partial charge in [0.25, 0.3) is 0 Å². The average Bonchev–Trinajstić information content (AvgIpc) is 3.28. The number of ether oxygens (including phenoxy) is 2. The maximum absolute atomic E-state index is 13.9. The predicted molar refractivity (Wildman–Crippen MR) is 118 cm³/mol. The standard InChI is InChI=1S/C24H21F3N4O3/c1-14-11-30(13-28-14)19-4-3-15(7-21(19)32-2)8-22-24-29-34-12-20(31(24)5-6-33-22)16-9-17(25)23(27)18(26)10-16/h3-4,7-11,13,20H,5-6,12H2,1-2H3. The molecule has 0 spiro atoms. The number of oxime groups is 1. The minimum atomic E-state index is -1.50. The van der Waals surface area contributed by atoms with Gasteiger partial charge in [-0.15, -0.1) is 0 Å². The lowest BCUT2D eigenvalue weighted by molar-refractivity contribution is 0.0347. The van der Waals surface area contributed by atoms with Crippen LogP contribution in [0.25, 0.3) is 11.8 Å². The van der Waals surface area contributed by atoms with Crippen molar-refractivity contribution in [2.75, 3.05) is 26.9 Å². The number of aromatic nitrogens is 2. The van der Waals surface area contributed by atoms with Gasteiger partial charge in [0, 0.05) is 6.20 Å². The number of benzene rings is 2. The van der Waals surface area contributed by atoms with Gasteiger partial charge in [0.1, 0.15) is 19.0 Å². The molecule has 0 bridgehead atoms. The molecule has 1 fully saturated rings. The van der Waals surface area contributed by atoms with Crippen LogP contribution in [0.5, 0.6) is 5.75 Å². The van der Waals surface area contributed by atoms with Gasteiger partial charge >= 0.3 is 0 Å². The van der Waals surface area contributed by atoms with E-state index in [-0.39, 0.29) is 12.2 Å². The Labute approximate surface area is 193 Å². The third kappa shape index (κ3) is 3.95. The summed E-state index contributed by atoms with van der Waals surface area (Å²) in [5, 5.41) is 4.12. The van der Waals surface area contributed by atoms with Crippen molar-refractivity contribution in [2.45, 2.75) is 13.0 Å². The fraction of sp³-hybridized carbons (Fsp3) is 0.250. The molecule has 2 aliphatic heterocycles. The van der Waals surface area contributed by atoms with Gasteiger partial charge in [-0.05, 0) is 48.4 Å². The number of hydrogen-bond acceptors (Lipinski definition) is 6. The molecule has 2 aliphatic rings. The molecule has 3 heterocycles. The van der Waals surface area contributed by atoms with E-state index in [0.717, 1.165) is 29.1 Å². The van der Waals surface area contributed by atoms with Crippen LogP contribution in [-0.2, 0) is 9.57 Å². The van der Waals surface area contributed by atoms with Gasteiger partial charge in [-0.25, -0.2) is 18.2 Å². The van der Waals surface area contributed by atoms with Crippen molar-refractivity contribution in [3.63, 3.8) is 0 Å². The molecule has 1 saturated heterocycles. The van der Waals surface area contributed by atoms with Crippen molar-refractivity contribution in [1.82, 2.24) is 14.5 Å². The van der Waals surface area contributed by atoms with Crippen LogP contribution < -0.4 is 4.74 Å². The summed E-state index contributed by atoms with van der Waals surface area (Å²) in [7, 11) is 1.59. The zero-order valence-electron chi connectivity index (χ0n) is 18.5. The highest BCUT2D eigenvalue weighted by Crippen LogP contribution is 2.32. The Morgan fingerprint density at radius 2 is 1.94 bits per heavy atom. The van der Waals surface area contributed by atoms with Gasteiger partial charge in [-0.2, -0.15) is 0 Å². The number of morpholine rings is 1. The summed E-state index contributed by atoms with van der Waals surface area (Å²) in [6.45, 7) is 2.72. The van der Waals surface area contributed by atoms with E-state index in [1.807, 2.05) is 40.8 Å². The molecular weight excluding hydrogens is 449 g/mol. The Bertz CT molecular complexity index is 1280. The number of methoxy groups -OCH3 is 1. The van der Waals surface area contributed by atoms with E-state index in [9.17, 15) is 13.2 Å². The van der Waals surface area contributed by atoms with Crippen LogP contribution in [0.3, 0.4) is 0 Å². The molecule has 0 aliphatic carbocycles. The van der Waals surface area contributed by atoms with E-state index in [2.05, 4.69) is 10.1 Å². The summed E-state index contributed by atoms with van der Waals surface area (Å²) < 4.78 is 54.4. The minimum Gasteiger partial charge on any atom is -0.495 e. The van der Waals surface area contributed by atoms with E-state index < -0.39 is 23.5 Å². The van der Waals surface area contributed by atoms with E-state index in [0.29, 0.717) is 30.5 Å². The molecule has 1 aromatic heterocycles. The second-order valence-electron chi connectivity index (χ2n) is 7.93. The molecular formula is C24H21F3N4O3. The first kappa shape index (κ1) is 21.9. The van der Waals surface area contributed by atoms with Gasteiger partial charge in [0.15, 0.2) is 23.2 Å². The largest absolute Gasteiger partial charge is 0.495 e. The van der Waals surface area contributed by atoms with Crippen molar-refractivity contribution in [3.05, 3.63) is 82.9 Å². The number of aryl methyl sites for hydroxylation is 1. The fourth-order valence-electron chi connectivity index (χ4n) is 4.08. The first-order chi connectivity index (χ1) is 16.4. The minimum absolute atomic E-state index is 0.0636. The number of rotatable bonds is 4. The van der Waals surface area contributed by atoms with E-state index in [4.69, 9.17) is 14.3 Å². The summed E-state index contributed by atoms with van der Waals surface area (Å²) >= 11 is 0. The zero-order chi connectivity index (χ0) is 23.8. The van der Waals surface area contributed by atoms with Crippen molar-refractivity contribution in [2.24, 2.45) is 5.16 Å². The van der Waals surface area contributed by atoms with Gasteiger partial charge < -0.3 is 23.8 Å². The Morgan fingerprint density at radius 1 is 1.15 bits per heavy atom. The lowest BCUT2D eigenvalue weighted by Gasteiger charge is -2.39. The fourth-order valence-corrected chi connectivity index (χ4v) is 4.08. The van der Waals surface area contributed by atoms with Crippen LogP contribution in [0.4, 0.5) is 13.2 Å². The number of hydrogen-bond donors (Lipinski definition) is 0. The van der Waals surface area contributed by atoms with E-state index >= 15 is 0 Å². The normalized spacial score (nSPS) is 18.7. The second-order valence-corrected chi connectivity index (χ2v) is 7.93. The Morgan fingerprint density at radius 3 is 2.65 bits per heavy atom. The highest BCUT2D eigenvalue weighted by atomic mass is 19.2. The van der Waals surface area contributed by atoms with Crippen LogP contribution in [-0.4, -0.2) is 47.2 Å². The van der Waals surface area contributed by atoms with Crippen molar-refractivity contribution in [3.8, 4) is 11.4 Å². The lowest BCUT2D eigenvalue weighted by Crippen LogP contribution is -2.46. The number of nitrogens with zero attached hydrogens (tertiary/aromatic N) is 4. The van der Waals surface area contributed by atoms with Crippen molar-refractivity contribution < 1.29 is 27.5 Å². The van der Waals surface area contributed by atoms with Gasteiger partial charge in [-0.1, -0.05) is 11.2 Å². The number of amidine groups is 1. The van der Waals surface area contributed by atoms with E-state index in [1.165, 1.54) is 0 Å². The second kappa shape index (κ2) is 8.77. The quantitative estimate of drug-likeness (QED) is 0.530. The summed E-state index contributed by atoms with van der Waals surface area (Å²) in [5.74, 6) is -2.53. The highest BCUT2D eigenvalue weighted by molar-refractivity contribution is 6.01. The topological polar surface area (TPSA) is 61.1 Å². The first-order valence-electron chi connectivity index (χ1n) is 10.6. The Balaban J connectivity index is 1.46. The van der Waals surface area contributed by atoms with Crippen LogP contribution in [0.1, 0.15) is 22.9 Å². The predicted octanol–water partition coefficient (Wildman–Crippen LogP) is 4.36. The van der Waals surface area contributed by atoms with Crippen LogP contribution in [0.15, 0.2) is 53.8 Å². The molecule has 0 saturated carbocycles. The lowest BCUT2D eigenvalue weighted by atomic mass is 10.0. The molecule has 1 unspecified atom stereocenters. The van der Waals surface area contributed by atoms with Gasteiger partial charge in [0.2, 0.25) is 5.84 Å². The SMILES string of the molecule is COc1cc(C=C2OCCN3C2=NOCC3c2cc(F)c(F)c(F)c2)ccc1-n1cnc(C)c1. The smallest absolute Gasteiger partial charge is 0.211 e. The number of imidazole rings is 1. The van der Waals surface area contributed by atoms with Crippen LogP contribution in [0, 0.1) is 24.4 Å². The van der Waals surface area contributed by atoms with Gasteiger partial charge in [0.05, 0.1) is 37.4 Å². The maximum atomic E-state index is 13.9. The molecule has 10 heteroatoms. The monoisotopic (exact) mass is 470 g/mol. The summed E-state index contributed by atoms with van der Waals surface area (Å²) in [6.07, 6.45) is 5.39. The summed E-state index contributed by atoms with van der Waals surface area (Å²) in [5.41, 5.74) is 2.76. The molecule has 176 valence electrons. The molecule has 5 rings (SSSR count). The summed E-state index contributed by atoms with van der Waals surface area (Å²) in [6, 6.07) is 7.07. The highest BCUT2D eigenvalue weighted by Gasteiger charge is 2.35. The Hall–Kier alpha value is -3.95. The number of fused-ring (bicyclic) bond motifs is 1. The molecule has 0 N–H and O–H groups in total. The first-order valence-corrected chi connectivity index (χ1v) is 10.6. The molecule has 3 aromatic rings. The zero-order valence-corrected chi connectivity index (χ0v) is 18.5. The maximum Gasteiger partial charge on any atom is 0.211 e. The molecule has 2 aromatic carbocycles. The van der Waals surface area contributed by atoms with Crippen LogP contribution in [0.2, 0.25) is 0 Å². The van der Waals surface area contributed by atoms with E-state index in [1.54, 1.807) is 19.5 Å². The molecule has 34 heavy (non-hydrogen) atoms. The van der Waals surface area contributed by atoms with Crippen molar-refractivity contribution >= 4 is 11.9 Å². The number of halogens is 3. The summed E-state index contributed by atoms with van der Waals surface area (Å²) in [4.78, 5) is 11.4. The molecule has 1 atom stereocenters. The van der Waals surface area contributed by atoms with Gasteiger partial charge in [-0.3, -0.25) is 0 Å². The van der Waals surface area contributed by atoms with Crippen molar-refractivity contribution in [1.29, 1.82) is 0 Å². The molecule has 7 nitrogen and oxygen atoms in total. The third-order valence-electron chi connectivity index (χ3n) is 5.72. The molecule has 0 radical (unpaired) electrons. The molecule has 0 amide bonds.